The molecule has 0 saturated heterocycles. The second-order valence-electron chi connectivity index (χ2n) is 3.60. The van der Waals surface area contributed by atoms with Crippen LogP contribution in [-0.2, 0) is 19.1 Å². The molecule has 0 rings (SSSR count). The lowest BCUT2D eigenvalue weighted by Crippen LogP contribution is -2.36. The fraction of sp³-hybridized carbons (Fsp3) is 0.833. The minimum Gasteiger partial charge on any atom is -0.468 e. The van der Waals surface area contributed by atoms with E-state index in [1.807, 2.05) is 27.7 Å². The molecule has 0 saturated carbocycles. The Morgan fingerprint density at radius 2 is 1.22 bits per heavy atom. The predicted octanol–water partition coefficient (Wildman–Crippen LogP) is 0.676. The second-order valence-corrected chi connectivity index (χ2v) is 3.60. The molecule has 0 aliphatic rings. The van der Waals surface area contributed by atoms with E-state index < -0.39 is 12.1 Å². The lowest BCUT2D eigenvalue weighted by Gasteiger charge is -2.11. The highest BCUT2D eigenvalue weighted by Crippen LogP contribution is 1.98. The van der Waals surface area contributed by atoms with Crippen molar-refractivity contribution >= 4 is 11.9 Å². The Kier molecular flexibility index (Phi) is 17.1. The van der Waals surface area contributed by atoms with E-state index in [0.717, 1.165) is 0 Å². The molecule has 4 N–H and O–H groups in total. The molecule has 0 amide bonds. The van der Waals surface area contributed by atoms with Crippen molar-refractivity contribution in [3.63, 3.8) is 0 Å². The van der Waals surface area contributed by atoms with Crippen LogP contribution in [0.2, 0.25) is 0 Å². The maximum absolute atomic E-state index is 10.6. The molecule has 0 heterocycles. The van der Waals surface area contributed by atoms with Crippen LogP contribution >= 0.6 is 0 Å². The summed E-state index contributed by atoms with van der Waals surface area (Å²) in [6.07, 6.45) is 0. The zero-order valence-electron chi connectivity index (χ0n) is 12.5. The number of nitrogens with two attached hydrogens (primary N) is 2. The molecule has 110 valence electrons. The van der Waals surface area contributed by atoms with E-state index in [1.54, 1.807) is 6.92 Å². The number of methoxy groups -OCH3 is 2. The van der Waals surface area contributed by atoms with Crippen LogP contribution in [0.4, 0.5) is 0 Å². The summed E-state index contributed by atoms with van der Waals surface area (Å²) in [6, 6.07) is -0.972. The molecule has 6 heteroatoms. The van der Waals surface area contributed by atoms with Gasteiger partial charge in [0.1, 0.15) is 12.1 Å². The molecule has 0 bridgehead atoms. The Morgan fingerprint density at radius 3 is 1.28 bits per heavy atom. The molecule has 0 radical (unpaired) electrons. The highest BCUT2D eigenvalue weighted by atomic mass is 16.5. The van der Waals surface area contributed by atoms with Crippen LogP contribution < -0.4 is 11.5 Å². The summed E-state index contributed by atoms with van der Waals surface area (Å²) in [7, 11) is 2.65. The van der Waals surface area contributed by atoms with Gasteiger partial charge in [-0.15, -0.1) is 0 Å². The van der Waals surface area contributed by atoms with E-state index in [2.05, 4.69) is 9.47 Å². The van der Waals surface area contributed by atoms with Gasteiger partial charge in [-0.3, -0.25) is 9.59 Å². The fourth-order valence-corrected chi connectivity index (χ4v) is 0.594. The van der Waals surface area contributed by atoms with Crippen molar-refractivity contribution in [2.45, 2.75) is 46.7 Å². The highest BCUT2D eigenvalue weighted by Gasteiger charge is 2.16. The van der Waals surface area contributed by atoms with Crippen molar-refractivity contribution in [3.05, 3.63) is 0 Å². The summed E-state index contributed by atoms with van der Waals surface area (Å²) in [5.41, 5.74) is 10.5. The quantitative estimate of drug-likeness (QED) is 0.726. The summed E-state index contributed by atoms with van der Waals surface area (Å²) in [5, 5.41) is 0. The average molecular weight is 264 g/mol. The van der Waals surface area contributed by atoms with Gasteiger partial charge in [0, 0.05) is 0 Å². The van der Waals surface area contributed by atoms with Crippen LogP contribution in [0.1, 0.15) is 34.6 Å². The third kappa shape index (κ3) is 12.9. The van der Waals surface area contributed by atoms with Crippen LogP contribution in [0.5, 0.6) is 0 Å². The molecule has 0 fully saturated rings. The van der Waals surface area contributed by atoms with Gasteiger partial charge in [0.15, 0.2) is 0 Å². The minimum atomic E-state index is -0.495. The van der Waals surface area contributed by atoms with Crippen molar-refractivity contribution in [1.82, 2.24) is 0 Å². The van der Waals surface area contributed by atoms with E-state index in [9.17, 15) is 9.59 Å². The number of carbonyl (C=O) groups is 2. The molecular formula is C12H28N2O4. The summed E-state index contributed by atoms with van der Waals surface area (Å²) < 4.78 is 8.66. The zero-order chi connectivity index (χ0) is 15.3. The third-order valence-electron chi connectivity index (χ3n) is 1.76. The van der Waals surface area contributed by atoms with Crippen molar-refractivity contribution < 1.29 is 19.1 Å². The van der Waals surface area contributed by atoms with Gasteiger partial charge in [0.05, 0.1) is 14.2 Å². The molecule has 0 aromatic rings. The number of hydrogen-bond acceptors (Lipinski definition) is 6. The molecule has 6 nitrogen and oxygen atoms in total. The lowest BCUT2D eigenvalue weighted by atomic mass is 10.1. The summed E-state index contributed by atoms with van der Waals surface area (Å²) in [5.74, 6) is -0.567. The maximum atomic E-state index is 10.6. The van der Waals surface area contributed by atoms with Crippen LogP contribution in [0.3, 0.4) is 0 Å². The summed E-state index contributed by atoms with van der Waals surface area (Å²) in [6.45, 7) is 9.33. The Balaban J connectivity index is -0.000000225. The summed E-state index contributed by atoms with van der Waals surface area (Å²) in [4.78, 5) is 20.8. The van der Waals surface area contributed by atoms with E-state index in [0.29, 0.717) is 0 Å². The van der Waals surface area contributed by atoms with Gasteiger partial charge >= 0.3 is 11.9 Å². The Bertz CT molecular complexity index is 218. The highest BCUT2D eigenvalue weighted by molar-refractivity contribution is 5.75. The van der Waals surface area contributed by atoms with Crippen LogP contribution in [0.25, 0.3) is 0 Å². The van der Waals surface area contributed by atoms with Crippen LogP contribution in [0, 0.1) is 5.92 Å². The third-order valence-corrected chi connectivity index (χ3v) is 1.76. The first kappa shape index (κ1) is 22.1. The largest absolute Gasteiger partial charge is 0.468 e. The van der Waals surface area contributed by atoms with Gasteiger partial charge in [0.25, 0.3) is 0 Å². The molecule has 18 heavy (non-hydrogen) atoms. The zero-order valence-corrected chi connectivity index (χ0v) is 12.5. The molecular weight excluding hydrogens is 236 g/mol. The number of hydrogen-bond donors (Lipinski definition) is 2. The average Bonchev–Trinajstić information content (AvgIpc) is 2.38. The van der Waals surface area contributed by atoms with E-state index in [-0.39, 0.29) is 17.9 Å². The van der Waals surface area contributed by atoms with Crippen molar-refractivity contribution in [2.75, 3.05) is 14.2 Å². The predicted molar refractivity (Wildman–Crippen MR) is 71.8 cm³/mol. The van der Waals surface area contributed by atoms with E-state index in [4.69, 9.17) is 11.5 Å². The Morgan fingerprint density at radius 1 is 0.889 bits per heavy atom. The molecule has 0 aromatic carbocycles. The standard InChI is InChI=1S/C6H13NO2.C4H9NO2.C2H6/c1-4(2)5(7)6(8)9-3;1-3(5)4(6)7-2;1-2/h4-5H,7H2,1-3H3;3H,5H2,1-2H3;1-2H3/t5-;;/m1../s1. The lowest BCUT2D eigenvalue weighted by molar-refractivity contribution is -0.143. The maximum Gasteiger partial charge on any atom is 0.322 e. The molecule has 0 aliphatic heterocycles. The molecule has 0 spiro atoms. The van der Waals surface area contributed by atoms with Crippen LogP contribution in [0.15, 0.2) is 0 Å². The SMILES string of the molecule is CC.COC(=O)C(C)N.COC(=O)[C@H](N)C(C)C. The molecule has 1 unspecified atom stereocenters. The van der Waals surface area contributed by atoms with Gasteiger partial charge in [-0.05, 0) is 12.8 Å². The van der Waals surface area contributed by atoms with Crippen molar-refractivity contribution in [1.29, 1.82) is 0 Å². The van der Waals surface area contributed by atoms with Gasteiger partial charge in [-0.1, -0.05) is 27.7 Å². The Labute approximate surface area is 110 Å². The van der Waals surface area contributed by atoms with Gasteiger partial charge in [0.2, 0.25) is 0 Å². The van der Waals surface area contributed by atoms with Gasteiger partial charge in [-0.25, -0.2) is 0 Å². The minimum absolute atomic E-state index is 0.150. The Hall–Kier alpha value is -1.14. The summed E-state index contributed by atoms with van der Waals surface area (Å²) >= 11 is 0. The smallest absolute Gasteiger partial charge is 0.322 e. The molecule has 0 aliphatic carbocycles. The second kappa shape index (κ2) is 13.9. The first-order valence-corrected chi connectivity index (χ1v) is 5.94. The number of rotatable bonds is 3. The van der Waals surface area contributed by atoms with Gasteiger partial charge < -0.3 is 20.9 Å². The molecule has 0 aromatic heterocycles. The van der Waals surface area contributed by atoms with Crippen molar-refractivity contribution in [2.24, 2.45) is 17.4 Å². The normalized spacial score (nSPS) is 12.1. The van der Waals surface area contributed by atoms with Gasteiger partial charge in [-0.2, -0.15) is 0 Å². The topological polar surface area (TPSA) is 105 Å². The molecule has 2 atom stereocenters. The van der Waals surface area contributed by atoms with Crippen LogP contribution in [-0.4, -0.2) is 38.2 Å². The van der Waals surface area contributed by atoms with E-state index in [1.165, 1.54) is 14.2 Å². The van der Waals surface area contributed by atoms with Crippen molar-refractivity contribution in [3.8, 4) is 0 Å². The first-order chi connectivity index (χ1) is 8.27. The number of carbonyl (C=O) groups excluding carboxylic acids is 2. The number of ether oxygens (including phenoxy) is 2. The number of esters is 2. The first-order valence-electron chi connectivity index (χ1n) is 5.94. The fourth-order valence-electron chi connectivity index (χ4n) is 0.594. The van der Waals surface area contributed by atoms with E-state index >= 15 is 0 Å². The monoisotopic (exact) mass is 264 g/mol.